The molecule has 0 fully saturated rings. The predicted octanol–water partition coefficient (Wildman–Crippen LogP) is 21.5. The van der Waals surface area contributed by atoms with Gasteiger partial charge in [0.25, 0.3) is 0 Å². The first kappa shape index (κ1) is 123. The highest BCUT2D eigenvalue weighted by Gasteiger charge is 2.22. The monoisotopic (exact) mass is 2780 g/mol. The predicted molar refractivity (Wildman–Crippen MR) is 622 cm³/mol. The van der Waals surface area contributed by atoms with Crippen LogP contribution < -0.4 is 21.3 Å². The number of hydrogen-bond acceptors (Lipinski definition) is 36. The van der Waals surface area contributed by atoms with E-state index >= 15 is 0 Å². The molecule has 0 spiro atoms. The van der Waals surface area contributed by atoms with E-state index in [1.54, 1.807) is 127 Å². The van der Waals surface area contributed by atoms with Gasteiger partial charge in [-0.15, -0.1) is 0 Å². The zero-order valence-corrected chi connectivity index (χ0v) is 95.7. The van der Waals surface area contributed by atoms with Crippen LogP contribution in [0.1, 0.15) is 66.8 Å². The van der Waals surface area contributed by atoms with Crippen LogP contribution in [0.2, 0.25) is 0 Å². The van der Waals surface area contributed by atoms with Crippen LogP contribution in [-0.4, -0.2) is 207 Å². The molecule has 786 valence electrons. The molecule has 0 unspecified atom stereocenters. The fraction of sp³-hybridized carbons (Fsp3) is 0.0816. The number of phenols is 30. The summed E-state index contributed by atoms with van der Waals surface area (Å²) in [7, 11) is 3.47. The minimum atomic E-state index is -0.606. The highest BCUT2D eigenvalue weighted by atomic mass is 127. The van der Waals surface area contributed by atoms with Crippen molar-refractivity contribution in [3.63, 3.8) is 0 Å². The van der Waals surface area contributed by atoms with Gasteiger partial charge in [0, 0.05) is 63.4 Å². The Balaban J connectivity index is 0.000000242. The van der Waals surface area contributed by atoms with Crippen molar-refractivity contribution in [1.82, 2.24) is 31.1 Å². The number of hydrogen-bond donors (Lipinski definition) is 34. The summed E-state index contributed by atoms with van der Waals surface area (Å²) in [6, 6.07) is 29.7. The van der Waals surface area contributed by atoms with Gasteiger partial charge in [-0.25, -0.2) is 0 Å². The molecule has 12 aromatic rings. The lowest BCUT2D eigenvalue weighted by Gasteiger charge is -2.18. The Labute approximate surface area is 959 Å². The Bertz CT molecular complexity index is 7030. The van der Waals surface area contributed by atoms with E-state index in [1.807, 2.05) is 22.6 Å². The lowest BCUT2D eigenvalue weighted by molar-refractivity contribution is 0.364. The van der Waals surface area contributed by atoms with Gasteiger partial charge in [-0.3, -0.25) is 0 Å². The number of thiocarbonyl (C=S) groups is 6. The first-order valence-corrected chi connectivity index (χ1v) is 51.1. The lowest BCUT2D eigenvalue weighted by atomic mass is 10.1. The normalized spacial score (nSPS) is 10.9. The van der Waals surface area contributed by atoms with Crippen LogP contribution in [0.3, 0.4) is 0 Å². The average Bonchev–Trinajstić information content (AvgIpc) is 0.819. The minimum Gasteiger partial charge on any atom is -0.504 e. The Kier molecular flexibility index (Phi) is 46.7. The highest BCUT2D eigenvalue weighted by Crippen LogP contribution is 2.48. The third-order valence-corrected chi connectivity index (χ3v) is 29.1. The van der Waals surface area contributed by atoms with Gasteiger partial charge in [0.1, 0.15) is 9.98 Å². The summed E-state index contributed by atoms with van der Waals surface area (Å²) < 4.78 is 3.27. The van der Waals surface area contributed by atoms with Gasteiger partial charge in [-0.2, -0.15) is 0 Å². The number of nitrogens with zero attached hydrogens (tertiary/aromatic N) is 2. The molecule has 0 bridgehead atoms. The molecule has 0 aliphatic rings. The van der Waals surface area contributed by atoms with E-state index < -0.39 is 103 Å². The Morgan fingerprint density at radius 2 is 0.510 bits per heavy atom. The van der Waals surface area contributed by atoms with Crippen LogP contribution in [0.5, 0.6) is 172 Å². The zero-order chi connectivity index (χ0) is 111. The van der Waals surface area contributed by atoms with Gasteiger partial charge >= 0.3 is 0 Å². The summed E-state index contributed by atoms with van der Waals surface area (Å²) in [6.07, 6.45) is 19.6. The second-order valence-electron chi connectivity index (χ2n) is 30.6. The maximum Gasteiger partial charge on any atom is 0.201 e. The minimum absolute atomic E-state index is 0.146. The smallest absolute Gasteiger partial charge is 0.201 e. The third-order valence-electron chi connectivity index (χ3n) is 19.7. The van der Waals surface area contributed by atoms with E-state index in [0.29, 0.717) is 140 Å². The molecule has 0 radical (unpaired) electrons. The van der Waals surface area contributed by atoms with Crippen molar-refractivity contribution in [2.75, 3.05) is 14.1 Å². The van der Waals surface area contributed by atoms with Crippen LogP contribution in [0.25, 0.3) is 36.5 Å². The molecule has 0 aliphatic heterocycles. The van der Waals surface area contributed by atoms with Gasteiger partial charge in [0.05, 0.1) is 54.8 Å². The largest absolute Gasteiger partial charge is 0.504 e. The molecule has 0 heterocycles. The van der Waals surface area contributed by atoms with Gasteiger partial charge in [0.2, 0.25) is 17.2 Å². The Morgan fingerprint density at radius 3 is 0.852 bits per heavy atom. The van der Waals surface area contributed by atoms with E-state index in [2.05, 4.69) is 149 Å². The van der Waals surface area contributed by atoms with Crippen LogP contribution in [0.15, 0.2) is 200 Å². The van der Waals surface area contributed by atoms with E-state index in [-0.39, 0.29) is 104 Å². The maximum atomic E-state index is 9.72. The number of rotatable bonds is 24. The van der Waals surface area contributed by atoms with Gasteiger partial charge < -0.3 is 184 Å². The molecule has 36 nitrogen and oxygen atoms in total. The number of likely N-dealkylation sites (N-methyl/N-ethyl adjacent to an activating group) is 2. The number of halogens is 9. The van der Waals surface area contributed by atoms with Gasteiger partial charge in [0.15, 0.2) is 155 Å². The molecule has 0 aromatic heterocycles. The number of benzene rings is 12. The second-order valence-corrected chi connectivity index (χ2v) is 40.8. The fourth-order valence-corrected chi connectivity index (χ4v) is 16.9. The maximum absolute atomic E-state index is 9.72. The molecular formula is C98H85Br8IN6O30S6. The molecule has 0 amide bonds. The molecule has 12 rings (SSSR count). The summed E-state index contributed by atoms with van der Waals surface area (Å²) in [5.74, 6) is -11.5. The summed E-state index contributed by atoms with van der Waals surface area (Å²) in [5, 5.41) is 297. The number of nitrogens with one attached hydrogen (secondary N) is 4. The first-order chi connectivity index (χ1) is 69.8. The SMILES string of the molecule is CN(Cc1cc(O)c(O)c(O)c1)C(=S)/C=C/c1cc(O)c(O)c(Br)c1.CN(Cc1cc(O)c(O)c(O)c1)C(=S)/C=C/c1cc(O)c(O)c(Br)c1.Oc1cc(/C=C/C(=S)NCc2cc(O)c(O)c(O)c2Br)cc(Br)c1O.Oc1cc(/C=C/C(=S)NCc2ccc(O)c(O)c2O)cc(Br)c1O.Oc1cc(CNC(=S)/C=C/c2cc(O)c(O)c(Br)c2Br)c(Br)c(O)c1O.Oc1cc(CNC(=S)/C=C/c2ccc(O)c(O)c2I)cc(O)c1O. The van der Waals surface area contributed by atoms with Crippen LogP contribution in [-0.2, 0) is 39.3 Å². The van der Waals surface area contributed by atoms with E-state index in [1.165, 1.54) is 97.1 Å². The number of aromatic hydroxyl groups is 30. The second kappa shape index (κ2) is 56.6. The molecule has 0 saturated heterocycles. The molecule has 0 atom stereocenters. The van der Waals surface area contributed by atoms with Crippen molar-refractivity contribution in [3.05, 3.63) is 270 Å². The van der Waals surface area contributed by atoms with Crippen molar-refractivity contribution in [3.8, 4) is 172 Å². The van der Waals surface area contributed by atoms with Crippen molar-refractivity contribution in [2.24, 2.45) is 0 Å². The van der Waals surface area contributed by atoms with E-state index in [0.717, 1.165) is 0 Å². The molecule has 149 heavy (non-hydrogen) atoms. The average molecular weight is 2790 g/mol. The standard InChI is InChI=1S/2C17H16BrNO5S.C16H12Br3NO5S.C16H13Br2NO5S.C16H14BrNO5S.C16H14INO5S/c2*1-19(8-10-6-13(21)17(24)14(22)7-10)15(25)3-2-9-4-11(18)16(23)12(20)5-9;17-11-6(3-8(21)14(23)13(11)19)1-2-10(26)20-5-7-4-9(22)15(24)16(25)12(7)18;17-9-3-7(4-10(20)14(9)22)1-2-12(25)19-6-8-5-11(21)15(23)16(24)13(8)18;17-10-5-8(6-12(20)15(10)22)1-4-13(24)18-7-9-2-3-11(19)16(23)14(9)21;17-14-9(1-3-10(19)16(14)23)2-4-13(24)18-7-8-5-11(20)15(22)12(21)6-8/h2*2-7,20-24H,8H2,1H3;1-4,21-25H,5H2,(H,20,26);1-5,20-24H,6H2,(H,19,25);2*1-6,19-23H,7H2,(H,18,24)/b2*3-2+;2*2-1+;4-1+;4-2+. The topological polar surface area (TPSA) is 662 Å². The van der Waals surface area contributed by atoms with E-state index in [9.17, 15) is 153 Å². The zero-order valence-electron chi connectivity index (χ0n) is 76.0. The van der Waals surface area contributed by atoms with Crippen molar-refractivity contribution < 1.29 is 153 Å². The molecule has 34 N–H and O–H groups in total. The molecule has 0 saturated carbocycles. The van der Waals surface area contributed by atoms with Crippen LogP contribution >= 0.6 is 223 Å². The van der Waals surface area contributed by atoms with E-state index in [4.69, 9.17) is 73.3 Å². The van der Waals surface area contributed by atoms with Gasteiger partial charge in [-0.05, 0) is 375 Å². The summed E-state index contributed by atoms with van der Waals surface area (Å²) >= 11 is 58.4. The summed E-state index contributed by atoms with van der Waals surface area (Å²) in [5.41, 5.74) is 6.80. The Morgan fingerprint density at radius 1 is 0.242 bits per heavy atom. The third kappa shape index (κ3) is 35.6. The van der Waals surface area contributed by atoms with Crippen molar-refractivity contribution in [2.45, 2.75) is 39.3 Å². The fourth-order valence-electron chi connectivity index (χ4n) is 11.8. The summed E-state index contributed by atoms with van der Waals surface area (Å²) in [4.78, 5) is 5.79. The number of phenolic OH excluding ortho intramolecular Hbond substituents is 30. The molecule has 0 aliphatic carbocycles. The molecule has 51 heteroatoms. The lowest BCUT2D eigenvalue weighted by Crippen LogP contribution is -2.22. The molecular weight excluding hydrogens is 2700 g/mol. The highest BCUT2D eigenvalue weighted by molar-refractivity contribution is 14.1. The Hall–Kier alpha value is -13.0. The molecule has 12 aromatic carbocycles. The first-order valence-electron chi connectivity index (χ1n) is 41.2. The van der Waals surface area contributed by atoms with Gasteiger partial charge in [-0.1, -0.05) is 110 Å². The van der Waals surface area contributed by atoms with Crippen LogP contribution in [0, 0.1) is 3.57 Å². The quantitative estimate of drug-likeness (QED) is 0.0116. The summed E-state index contributed by atoms with van der Waals surface area (Å²) in [6.45, 7) is 1.35. The van der Waals surface area contributed by atoms with Crippen molar-refractivity contribution >= 4 is 290 Å². The van der Waals surface area contributed by atoms with Crippen LogP contribution in [0.4, 0.5) is 0 Å². The van der Waals surface area contributed by atoms with Crippen molar-refractivity contribution in [1.29, 1.82) is 0 Å².